The molecule has 0 spiro atoms. The number of benzene rings is 6. The number of fused-ring (bicyclic) bond motifs is 6. The number of rotatable bonds is 7. The van der Waals surface area contributed by atoms with Crippen molar-refractivity contribution in [3.8, 4) is 11.4 Å². The van der Waals surface area contributed by atoms with Gasteiger partial charge in [-0.25, -0.2) is 0 Å². The number of hydrogen-bond acceptors (Lipinski definition) is 1. The maximum Gasteiger partial charge on any atom is 0.0548 e. The predicted octanol–water partition coefficient (Wildman–Crippen LogP) is 16.0. The van der Waals surface area contributed by atoms with Crippen LogP contribution in [0.1, 0.15) is 65.0 Å². The van der Waals surface area contributed by atoms with Crippen molar-refractivity contribution in [1.29, 1.82) is 0 Å². The number of allylic oxidation sites excluding steroid dienone is 8. The van der Waals surface area contributed by atoms with Gasteiger partial charge in [-0.2, -0.15) is 0 Å². The lowest BCUT2D eigenvalue weighted by Gasteiger charge is -2.09. The molecule has 0 radical (unpaired) electrons. The first-order chi connectivity index (χ1) is 29.0. The Morgan fingerprint density at radius 2 is 0.949 bits per heavy atom. The second kappa shape index (κ2) is 25.8. The van der Waals surface area contributed by atoms with Crippen LogP contribution in [0.3, 0.4) is 0 Å². The summed E-state index contributed by atoms with van der Waals surface area (Å²) >= 11 is 0. The minimum absolute atomic E-state index is 0.464. The number of nitrogens with two attached hydrogens (primary N) is 1. The first kappa shape index (κ1) is 47.0. The van der Waals surface area contributed by atoms with E-state index in [1.165, 1.54) is 79.6 Å². The zero-order valence-corrected chi connectivity index (χ0v) is 36.6. The molecule has 0 aliphatic heterocycles. The summed E-state index contributed by atoms with van der Waals surface area (Å²) in [6.07, 6.45) is 16.7. The Balaban J connectivity index is 0.000000298. The molecule has 2 aromatic heterocycles. The van der Waals surface area contributed by atoms with E-state index in [4.69, 9.17) is 0 Å². The highest BCUT2D eigenvalue weighted by Crippen LogP contribution is 2.39. The molecule has 1 atom stereocenters. The van der Waals surface area contributed by atoms with Gasteiger partial charge in [-0.15, -0.1) is 0 Å². The molecule has 3 heteroatoms. The Morgan fingerprint density at radius 3 is 1.39 bits per heavy atom. The van der Waals surface area contributed by atoms with Gasteiger partial charge < -0.3 is 14.9 Å². The molecule has 59 heavy (non-hydrogen) atoms. The lowest BCUT2D eigenvalue weighted by molar-refractivity contribution is 0.968. The van der Waals surface area contributed by atoms with Gasteiger partial charge >= 0.3 is 0 Å². The second-order valence-corrected chi connectivity index (χ2v) is 13.4. The molecule has 2 N–H and O–H groups in total. The van der Waals surface area contributed by atoms with E-state index in [0.717, 1.165) is 0 Å². The Morgan fingerprint density at radius 1 is 0.525 bits per heavy atom. The van der Waals surface area contributed by atoms with E-state index in [1.807, 2.05) is 51.1 Å². The zero-order valence-electron chi connectivity index (χ0n) is 36.6. The molecular weight excluding hydrogens is 715 g/mol. The van der Waals surface area contributed by atoms with Gasteiger partial charge in [0.2, 0.25) is 0 Å². The molecule has 0 saturated carbocycles. The Kier molecular flexibility index (Phi) is 20.5. The van der Waals surface area contributed by atoms with Gasteiger partial charge in [0, 0.05) is 32.9 Å². The van der Waals surface area contributed by atoms with E-state index in [0.29, 0.717) is 5.92 Å². The molecule has 304 valence electrons. The SMILES string of the molecule is C=C/C=C\C.C=C/C=C\C=CC(C)c1ccccc1.CC.CCC.CN.Cc1ccc(-n2c3ccccc3c3cc4c(cc32)c2ccccc2n4-c2ccccc2)cc1. The summed E-state index contributed by atoms with van der Waals surface area (Å²) in [5, 5.41) is 5.11. The molecule has 0 aliphatic rings. The van der Waals surface area contributed by atoms with Crippen LogP contribution in [0.2, 0.25) is 0 Å². The van der Waals surface area contributed by atoms with Crippen LogP contribution in [0.15, 0.2) is 207 Å². The molecule has 8 rings (SSSR count). The fourth-order valence-electron chi connectivity index (χ4n) is 6.64. The van der Waals surface area contributed by atoms with Crippen molar-refractivity contribution in [3.05, 3.63) is 218 Å². The summed E-state index contributed by atoms with van der Waals surface area (Å²) in [5.41, 5.74) is 14.4. The van der Waals surface area contributed by atoms with Crippen molar-refractivity contribution in [2.24, 2.45) is 5.73 Å². The van der Waals surface area contributed by atoms with E-state index in [1.54, 1.807) is 12.2 Å². The van der Waals surface area contributed by atoms with E-state index < -0.39 is 0 Å². The Hall–Kier alpha value is -6.42. The molecule has 3 nitrogen and oxygen atoms in total. The van der Waals surface area contributed by atoms with Gasteiger partial charge in [-0.1, -0.05) is 205 Å². The van der Waals surface area contributed by atoms with E-state index in [9.17, 15) is 0 Å². The third-order valence-electron chi connectivity index (χ3n) is 9.18. The van der Waals surface area contributed by atoms with Crippen molar-refractivity contribution < 1.29 is 0 Å². The van der Waals surface area contributed by atoms with Gasteiger partial charge in [0.15, 0.2) is 0 Å². The lowest BCUT2D eigenvalue weighted by Crippen LogP contribution is -1.94. The van der Waals surface area contributed by atoms with Gasteiger partial charge in [0.1, 0.15) is 0 Å². The molecule has 0 bridgehead atoms. The fraction of sp³-hybridized carbons (Fsp3) is 0.179. The molecule has 6 aromatic carbocycles. The van der Waals surface area contributed by atoms with Crippen LogP contribution in [0.4, 0.5) is 0 Å². The van der Waals surface area contributed by atoms with Crippen molar-refractivity contribution in [2.75, 3.05) is 7.05 Å². The lowest BCUT2D eigenvalue weighted by atomic mass is 10.0. The van der Waals surface area contributed by atoms with Gasteiger partial charge in [-0.05, 0) is 80.9 Å². The third kappa shape index (κ3) is 12.3. The highest BCUT2D eigenvalue weighted by Gasteiger charge is 2.18. The number of nitrogens with zero attached hydrogens (tertiary/aromatic N) is 2. The molecule has 0 amide bonds. The normalized spacial score (nSPS) is 11.1. The van der Waals surface area contributed by atoms with Crippen LogP contribution in [0.25, 0.3) is 55.0 Å². The fourth-order valence-corrected chi connectivity index (χ4v) is 6.64. The summed E-state index contributed by atoms with van der Waals surface area (Å²) < 4.78 is 4.79. The second-order valence-electron chi connectivity index (χ2n) is 13.4. The summed E-state index contributed by atoms with van der Waals surface area (Å²) in [6, 6.07) is 52.2. The quantitative estimate of drug-likeness (QED) is 0.161. The number of hydrogen-bond donors (Lipinski definition) is 1. The zero-order chi connectivity index (χ0) is 43.0. The third-order valence-corrected chi connectivity index (χ3v) is 9.18. The number of aromatic nitrogens is 2. The van der Waals surface area contributed by atoms with Crippen LogP contribution in [0, 0.1) is 6.92 Å². The molecule has 8 aromatic rings. The van der Waals surface area contributed by atoms with Gasteiger partial charge in [-0.3, -0.25) is 0 Å². The molecule has 2 heterocycles. The monoisotopic (exact) mass is 780 g/mol. The number of para-hydroxylation sites is 3. The minimum atomic E-state index is 0.464. The summed E-state index contributed by atoms with van der Waals surface area (Å²) in [7, 11) is 1.50. The Bertz CT molecular complexity index is 2530. The van der Waals surface area contributed by atoms with E-state index >= 15 is 0 Å². The first-order valence-electron chi connectivity index (χ1n) is 20.9. The average molecular weight is 780 g/mol. The minimum Gasteiger partial charge on any atom is -0.333 e. The van der Waals surface area contributed by atoms with Crippen LogP contribution < -0.4 is 5.73 Å². The van der Waals surface area contributed by atoms with Crippen LogP contribution in [-0.4, -0.2) is 16.2 Å². The molecule has 0 aliphatic carbocycles. The van der Waals surface area contributed by atoms with E-state index in [2.05, 4.69) is 207 Å². The van der Waals surface area contributed by atoms with Crippen molar-refractivity contribution in [1.82, 2.24) is 9.13 Å². The summed E-state index contributed by atoms with van der Waals surface area (Å²) in [4.78, 5) is 0. The van der Waals surface area contributed by atoms with Crippen molar-refractivity contribution >= 4 is 43.6 Å². The highest BCUT2D eigenvalue weighted by molar-refractivity contribution is 6.19. The van der Waals surface area contributed by atoms with Crippen molar-refractivity contribution in [3.63, 3.8) is 0 Å². The van der Waals surface area contributed by atoms with Crippen LogP contribution in [-0.2, 0) is 0 Å². The Labute approximate surface area is 354 Å². The van der Waals surface area contributed by atoms with Crippen molar-refractivity contribution in [2.45, 2.75) is 60.8 Å². The largest absolute Gasteiger partial charge is 0.333 e. The number of aryl methyl sites for hydroxylation is 1. The van der Waals surface area contributed by atoms with Gasteiger partial charge in [0.25, 0.3) is 0 Å². The van der Waals surface area contributed by atoms with Crippen LogP contribution in [0.5, 0.6) is 0 Å². The molecule has 1 unspecified atom stereocenters. The molecular formula is C56H65N3. The smallest absolute Gasteiger partial charge is 0.0548 e. The average Bonchev–Trinajstić information content (AvgIpc) is 3.79. The topological polar surface area (TPSA) is 35.9 Å². The molecule has 0 fully saturated rings. The van der Waals surface area contributed by atoms with Gasteiger partial charge in [0.05, 0.1) is 22.1 Å². The maximum atomic E-state index is 4.50. The van der Waals surface area contributed by atoms with E-state index in [-0.39, 0.29) is 0 Å². The standard InChI is InChI=1S/C31H22N2.C14H16.C5H8.C3H8.C2H6.CH5N/c1-21-15-17-23(18-16-21)33-29-14-8-6-12-25(29)27-19-30-26(20-31(27)33)24-11-5-7-13-28(24)32(30)22-9-3-2-4-10-22;1-3-4-5-7-10-13(2)14-11-8-6-9-12-14;1-3-5-4-2;1-3-2;2*1-2/h2-20H,1H3;3-13H,1H2,2H3;3-5H,1H2,2H3;3H2,1-2H3;1-2H3;2H2,1H3/b;5-4-,10-7?;5-4-;;;. The highest BCUT2D eigenvalue weighted by atomic mass is 15.0. The van der Waals surface area contributed by atoms with Crippen LogP contribution >= 0.6 is 0 Å². The summed E-state index contributed by atoms with van der Waals surface area (Å²) in [6.45, 7) is 21.6. The summed E-state index contributed by atoms with van der Waals surface area (Å²) in [5.74, 6) is 0.464. The predicted molar refractivity (Wildman–Crippen MR) is 266 cm³/mol. The molecule has 0 saturated heterocycles. The first-order valence-corrected chi connectivity index (χ1v) is 20.9. The maximum absolute atomic E-state index is 4.50.